The molecular formula is C17H27N3O. The summed E-state index contributed by atoms with van der Waals surface area (Å²) in [5.74, 6) is 0.489. The molecule has 1 aromatic rings. The minimum Gasteiger partial charge on any atom is -0.399 e. The largest absolute Gasteiger partial charge is 0.399 e. The topological polar surface area (TPSA) is 49.6 Å². The number of nitrogens with two attached hydrogens (primary N) is 1. The molecule has 1 amide bonds. The second-order valence-corrected chi connectivity index (χ2v) is 6.34. The van der Waals surface area contributed by atoms with Gasteiger partial charge < -0.3 is 10.6 Å². The molecule has 0 unspecified atom stereocenters. The molecule has 0 bridgehead atoms. The van der Waals surface area contributed by atoms with E-state index in [1.54, 1.807) is 0 Å². The highest BCUT2D eigenvalue weighted by molar-refractivity contribution is 5.78. The first-order chi connectivity index (χ1) is 9.97. The van der Waals surface area contributed by atoms with Gasteiger partial charge in [0.15, 0.2) is 0 Å². The van der Waals surface area contributed by atoms with Gasteiger partial charge in [0.25, 0.3) is 0 Å². The van der Waals surface area contributed by atoms with Crippen LogP contribution in [0.15, 0.2) is 24.3 Å². The summed E-state index contributed by atoms with van der Waals surface area (Å²) in [7, 11) is 1.91. The van der Waals surface area contributed by atoms with E-state index in [9.17, 15) is 4.79 Å². The SMILES string of the molecule is CC(C)N(C)C(=O)C1CCN(Cc2cccc(N)c2)CC1. The minimum absolute atomic E-state index is 0.189. The lowest BCUT2D eigenvalue weighted by molar-refractivity contribution is -0.137. The van der Waals surface area contributed by atoms with Crippen LogP contribution in [0.2, 0.25) is 0 Å². The summed E-state index contributed by atoms with van der Waals surface area (Å²) in [6.07, 6.45) is 1.91. The van der Waals surface area contributed by atoms with Crippen molar-refractivity contribution in [3.05, 3.63) is 29.8 Å². The van der Waals surface area contributed by atoms with Crippen LogP contribution in [0.3, 0.4) is 0 Å². The lowest BCUT2D eigenvalue weighted by Crippen LogP contribution is -2.43. The molecule has 1 aliphatic heterocycles. The van der Waals surface area contributed by atoms with Gasteiger partial charge in [-0.05, 0) is 57.5 Å². The molecule has 0 radical (unpaired) electrons. The van der Waals surface area contributed by atoms with Crippen molar-refractivity contribution in [2.24, 2.45) is 5.92 Å². The molecule has 21 heavy (non-hydrogen) atoms. The highest BCUT2D eigenvalue weighted by Gasteiger charge is 2.27. The van der Waals surface area contributed by atoms with Crippen LogP contribution < -0.4 is 5.73 Å². The fourth-order valence-electron chi connectivity index (χ4n) is 2.83. The van der Waals surface area contributed by atoms with Crippen molar-refractivity contribution in [1.82, 2.24) is 9.80 Å². The first-order valence-corrected chi connectivity index (χ1v) is 7.81. The van der Waals surface area contributed by atoms with Gasteiger partial charge in [-0.25, -0.2) is 0 Å². The van der Waals surface area contributed by atoms with Gasteiger partial charge in [-0.3, -0.25) is 9.69 Å². The number of carbonyl (C=O) groups excluding carboxylic acids is 1. The molecule has 2 rings (SSSR count). The summed E-state index contributed by atoms with van der Waals surface area (Å²) in [6.45, 7) is 7.01. The molecule has 0 saturated carbocycles. The zero-order valence-corrected chi connectivity index (χ0v) is 13.4. The van der Waals surface area contributed by atoms with Crippen LogP contribution in [0.4, 0.5) is 5.69 Å². The zero-order chi connectivity index (χ0) is 15.4. The van der Waals surface area contributed by atoms with E-state index in [2.05, 4.69) is 24.8 Å². The highest BCUT2D eigenvalue weighted by atomic mass is 16.2. The van der Waals surface area contributed by atoms with Crippen LogP contribution in [0.25, 0.3) is 0 Å². The van der Waals surface area contributed by atoms with Gasteiger partial charge in [0, 0.05) is 31.2 Å². The molecule has 4 nitrogen and oxygen atoms in total. The quantitative estimate of drug-likeness (QED) is 0.866. The molecule has 0 atom stereocenters. The van der Waals surface area contributed by atoms with Crippen molar-refractivity contribution in [2.75, 3.05) is 25.9 Å². The summed E-state index contributed by atoms with van der Waals surface area (Å²) in [6, 6.07) is 8.33. The van der Waals surface area contributed by atoms with Gasteiger partial charge in [0.05, 0.1) is 0 Å². The van der Waals surface area contributed by atoms with Gasteiger partial charge >= 0.3 is 0 Å². The van der Waals surface area contributed by atoms with Gasteiger partial charge in [-0.2, -0.15) is 0 Å². The Bertz CT molecular complexity index is 479. The standard InChI is InChI=1S/C17H27N3O/c1-13(2)19(3)17(21)15-7-9-20(10-8-15)12-14-5-4-6-16(18)11-14/h4-6,11,13,15H,7-10,12,18H2,1-3H3. The summed E-state index contributed by atoms with van der Waals surface area (Å²) in [4.78, 5) is 16.6. The molecule has 1 saturated heterocycles. The Balaban J connectivity index is 1.84. The van der Waals surface area contributed by atoms with E-state index in [4.69, 9.17) is 5.73 Å². The summed E-state index contributed by atoms with van der Waals surface area (Å²) in [5, 5.41) is 0. The van der Waals surface area contributed by atoms with E-state index in [1.165, 1.54) is 5.56 Å². The maximum Gasteiger partial charge on any atom is 0.225 e. The van der Waals surface area contributed by atoms with E-state index in [0.717, 1.165) is 38.2 Å². The van der Waals surface area contributed by atoms with Crippen LogP contribution in [0, 0.1) is 5.92 Å². The number of hydrogen-bond donors (Lipinski definition) is 1. The fourth-order valence-corrected chi connectivity index (χ4v) is 2.83. The predicted octanol–water partition coefficient (Wildman–Crippen LogP) is 2.35. The van der Waals surface area contributed by atoms with Gasteiger partial charge in [-0.1, -0.05) is 12.1 Å². The van der Waals surface area contributed by atoms with Crippen LogP contribution in [0.1, 0.15) is 32.3 Å². The molecule has 0 spiro atoms. The Morgan fingerprint density at radius 1 is 1.38 bits per heavy atom. The lowest BCUT2D eigenvalue weighted by Gasteiger charge is -2.34. The summed E-state index contributed by atoms with van der Waals surface area (Å²) < 4.78 is 0. The maximum atomic E-state index is 12.3. The molecule has 1 aliphatic rings. The monoisotopic (exact) mass is 289 g/mol. The van der Waals surface area contributed by atoms with Crippen LogP contribution in [-0.4, -0.2) is 41.9 Å². The van der Waals surface area contributed by atoms with E-state index >= 15 is 0 Å². The summed E-state index contributed by atoms with van der Waals surface area (Å²) in [5.41, 5.74) is 7.88. The van der Waals surface area contributed by atoms with Crippen molar-refractivity contribution in [1.29, 1.82) is 0 Å². The number of rotatable bonds is 4. The molecule has 4 heteroatoms. The zero-order valence-electron chi connectivity index (χ0n) is 13.4. The van der Waals surface area contributed by atoms with Crippen molar-refractivity contribution in [2.45, 2.75) is 39.3 Å². The third-order valence-electron chi connectivity index (χ3n) is 4.42. The van der Waals surface area contributed by atoms with Crippen LogP contribution in [-0.2, 0) is 11.3 Å². The Kier molecular flexibility index (Phi) is 5.23. The number of likely N-dealkylation sites (tertiary alicyclic amines) is 1. The highest BCUT2D eigenvalue weighted by Crippen LogP contribution is 2.22. The number of nitrogen functional groups attached to an aromatic ring is 1. The van der Waals surface area contributed by atoms with Crippen molar-refractivity contribution >= 4 is 11.6 Å². The fraction of sp³-hybridized carbons (Fsp3) is 0.588. The van der Waals surface area contributed by atoms with Gasteiger partial charge in [0.1, 0.15) is 0 Å². The molecule has 0 aliphatic carbocycles. The van der Waals surface area contributed by atoms with E-state index in [0.29, 0.717) is 5.91 Å². The van der Waals surface area contributed by atoms with Crippen LogP contribution in [0.5, 0.6) is 0 Å². The number of benzene rings is 1. The number of hydrogen-bond acceptors (Lipinski definition) is 3. The van der Waals surface area contributed by atoms with Crippen molar-refractivity contribution < 1.29 is 4.79 Å². The molecular weight excluding hydrogens is 262 g/mol. The van der Waals surface area contributed by atoms with Gasteiger partial charge in [-0.15, -0.1) is 0 Å². The third-order valence-corrected chi connectivity index (χ3v) is 4.42. The summed E-state index contributed by atoms with van der Waals surface area (Å²) >= 11 is 0. The number of nitrogens with zero attached hydrogens (tertiary/aromatic N) is 2. The predicted molar refractivity (Wildman–Crippen MR) is 86.8 cm³/mol. The Morgan fingerprint density at radius 3 is 2.62 bits per heavy atom. The number of piperidine rings is 1. The Morgan fingerprint density at radius 2 is 2.05 bits per heavy atom. The molecule has 1 aromatic carbocycles. The second-order valence-electron chi connectivity index (χ2n) is 6.34. The first-order valence-electron chi connectivity index (χ1n) is 7.81. The van der Waals surface area contributed by atoms with E-state index < -0.39 is 0 Å². The molecule has 116 valence electrons. The average molecular weight is 289 g/mol. The average Bonchev–Trinajstić information content (AvgIpc) is 2.46. The van der Waals surface area contributed by atoms with Crippen LogP contribution >= 0.6 is 0 Å². The molecule has 1 heterocycles. The number of anilines is 1. The smallest absolute Gasteiger partial charge is 0.225 e. The third kappa shape index (κ3) is 4.21. The molecule has 2 N–H and O–H groups in total. The van der Waals surface area contributed by atoms with E-state index in [1.807, 2.05) is 30.1 Å². The minimum atomic E-state index is 0.189. The Labute approximate surface area is 127 Å². The maximum absolute atomic E-state index is 12.3. The lowest BCUT2D eigenvalue weighted by atomic mass is 9.94. The normalized spacial score (nSPS) is 17.1. The second kappa shape index (κ2) is 6.94. The Hall–Kier alpha value is -1.55. The first kappa shape index (κ1) is 15.8. The van der Waals surface area contributed by atoms with Crippen molar-refractivity contribution in [3.63, 3.8) is 0 Å². The number of amides is 1. The van der Waals surface area contributed by atoms with Gasteiger partial charge in [0.2, 0.25) is 5.91 Å². The molecule has 1 fully saturated rings. The van der Waals surface area contributed by atoms with E-state index in [-0.39, 0.29) is 12.0 Å². The van der Waals surface area contributed by atoms with Crippen molar-refractivity contribution in [3.8, 4) is 0 Å². The number of carbonyl (C=O) groups is 1. The molecule has 0 aromatic heterocycles.